The Labute approximate surface area is 203 Å². The zero-order valence-electron chi connectivity index (χ0n) is 18.6. The van der Waals surface area contributed by atoms with Crippen LogP contribution in [-0.2, 0) is 0 Å². The zero-order valence-corrected chi connectivity index (χ0v) is 20.2. The Morgan fingerprint density at radius 2 is 1.65 bits per heavy atom. The fraction of sp³-hybridized carbons (Fsp3) is 0.120. The van der Waals surface area contributed by atoms with Gasteiger partial charge in [-0.05, 0) is 40.2 Å². The van der Waals surface area contributed by atoms with Gasteiger partial charge >= 0.3 is 6.03 Å². The number of carbonyl (C=O) groups is 1. The number of hydrogen-bond acceptors (Lipinski definition) is 6. The van der Waals surface area contributed by atoms with E-state index in [9.17, 15) is 9.59 Å². The van der Waals surface area contributed by atoms with Gasteiger partial charge in [-0.2, -0.15) is 0 Å². The number of rotatable bonds is 6. The molecular weight excluding hydrogens is 504 g/mol. The van der Waals surface area contributed by atoms with Crippen LogP contribution in [0, 0.1) is 0 Å². The van der Waals surface area contributed by atoms with Crippen LogP contribution >= 0.6 is 15.9 Å². The molecular formula is C25H21BrN2O6. The number of amides is 2. The average molecular weight is 525 g/mol. The lowest BCUT2D eigenvalue weighted by molar-refractivity contribution is 0.262. The van der Waals surface area contributed by atoms with E-state index in [2.05, 4.69) is 26.6 Å². The smallest absolute Gasteiger partial charge is 0.323 e. The van der Waals surface area contributed by atoms with Gasteiger partial charge in [-0.25, -0.2) is 4.79 Å². The Morgan fingerprint density at radius 1 is 0.882 bits per heavy atom. The molecule has 0 unspecified atom stereocenters. The lowest BCUT2D eigenvalue weighted by Gasteiger charge is -2.14. The van der Waals surface area contributed by atoms with Crippen molar-refractivity contribution in [2.24, 2.45) is 0 Å². The van der Waals surface area contributed by atoms with Crippen molar-refractivity contribution in [2.75, 3.05) is 32.0 Å². The molecule has 0 saturated heterocycles. The number of nitrogens with one attached hydrogen (secondary N) is 2. The fourth-order valence-electron chi connectivity index (χ4n) is 3.53. The first-order chi connectivity index (χ1) is 16.4. The quantitative estimate of drug-likeness (QED) is 0.326. The Balaban J connectivity index is 1.68. The van der Waals surface area contributed by atoms with Crippen LogP contribution in [0.3, 0.4) is 0 Å². The number of halogens is 1. The normalized spacial score (nSPS) is 10.6. The molecule has 3 aromatic carbocycles. The second kappa shape index (κ2) is 9.88. The van der Waals surface area contributed by atoms with E-state index in [-0.39, 0.29) is 22.1 Å². The van der Waals surface area contributed by atoms with E-state index in [4.69, 9.17) is 18.6 Å². The molecule has 8 nitrogen and oxygen atoms in total. The summed E-state index contributed by atoms with van der Waals surface area (Å²) < 4.78 is 22.9. The Morgan fingerprint density at radius 3 is 2.35 bits per heavy atom. The third kappa shape index (κ3) is 4.55. The molecule has 4 aromatic rings. The number of benzene rings is 3. The van der Waals surface area contributed by atoms with Crippen LogP contribution in [0.5, 0.6) is 17.2 Å². The lowest BCUT2D eigenvalue weighted by Crippen LogP contribution is -2.19. The number of urea groups is 1. The van der Waals surface area contributed by atoms with Gasteiger partial charge in [-0.3, -0.25) is 4.79 Å². The SMILES string of the molecule is COc1cc2oc(-c3cccc(NC(=O)Nc4ccccc4Br)c3)cc(=O)c2c(OC)c1OC. The highest BCUT2D eigenvalue weighted by atomic mass is 79.9. The maximum atomic E-state index is 13.0. The first-order valence-electron chi connectivity index (χ1n) is 10.1. The molecule has 0 saturated carbocycles. The summed E-state index contributed by atoms with van der Waals surface area (Å²) in [5, 5.41) is 5.80. The minimum atomic E-state index is -0.411. The Kier molecular flexibility index (Phi) is 6.74. The van der Waals surface area contributed by atoms with Crippen molar-refractivity contribution in [3.63, 3.8) is 0 Å². The highest BCUT2D eigenvalue weighted by molar-refractivity contribution is 9.10. The molecule has 4 rings (SSSR count). The van der Waals surface area contributed by atoms with Crippen molar-refractivity contribution in [2.45, 2.75) is 0 Å². The molecule has 0 aliphatic heterocycles. The predicted molar refractivity (Wildman–Crippen MR) is 134 cm³/mol. The molecule has 0 bridgehead atoms. The predicted octanol–water partition coefficient (Wildman–Crippen LogP) is 5.89. The van der Waals surface area contributed by atoms with Crippen molar-refractivity contribution in [1.29, 1.82) is 0 Å². The van der Waals surface area contributed by atoms with Gasteiger partial charge in [-0.1, -0.05) is 24.3 Å². The van der Waals surface area contributed by atoms with Crippen molar-refractivity contribution in [1.82, 2.24) is 0 Å². The molecule has 2 N–H and O–H groups in total. The summed E-state index contributed by atoms with van der Waals surface area (Å²) in [5.41, 5.74) is 1.73. The largest absolute Gasteiger partial charge is 0.493 e. The van der Waals surface area contributed by atoms with E-state index in [0.29, 0.717) is 34.2 Å². The summed E-state index contributed by atoms with van der Waals surface area (Å²) >= 11 is 3.40. The molecule has 1 aromatic heterocycles. The number of carbonyl (C=O) groups excluding carboxylic acids is 1. The van der Waals surface area contributed by atoms with Crippen LogP contribution in [0.25, 0.3) is 22.3 Å². The summed E-state index contributed by atoms with van der Waals surface area (Å²) in [4.78, 5) is 25.5. The standard InChI is InChI=1S/C25H21BrN2O6/c1-31-21-13-20-22(24(33-3)23(21)32-2)18(29)12-19(34-20)14-7-6-8-15(11-14)27-25(30)28-17-10-5-4-9-16(17)26/h4-13H,1-3H3,(H2,27,28,30). The first-order valence-corrected chi connectivity index (χ1v) is 10.9. The summed E-state index contributed by atoms with van der Waals surface area (Å²) in [6.07, 6.45) is 0. The number of methoxy groups -OCH3 is 3. The number of ether oxygens (including phenoxy) is 3. The maximum absolute atomic E-state index is 13.0. The van der Waals surface area contributed by atoms with Crippen LogP contribution in [0.2, 0.25) is 0 Å². The van der Waals surface area contributed by atoms with E-state index in [1.54, 1.807) is 36.4 Å². The average Bonchev–Trinajstić information content (AvgIpc) is 2.84. The molecule has 0 aliphatic carbocycles. The molecule has 174 valence electrons. The van der Waals surface area contributed by atoms with Crippen LogP contribution in [0.15, 0.2) is 74.3 Å². The summed E-state index contributed by atoms with van der Waals surface area (Å²) in [6.45, 7) is 0. The molecule has 0 atom stereocenters. The molecule has 0 radical (unpaired) electrons. The van der Waals surface area contributed by atoms with E-state index >= 15 is 0 Å². The fourth-order valence-corrected chi connectivity index (χ4v) is 3.91. The topological polar surface area (TPSA) is 99.0 Å². The van der Waals surface area contributed by atoms with Crippen LogP contribution in [0.1, 0.15) is 0 Å². The van der Waals surface area contributed by atoms with Gasteiger partial charge in [0.05, 0.1) is 27.0 Å². The molecule has 34 heavy (non-hydrogen) atoms. The molecule has 0 fully saturated rings. The summed E-state index contributed by atoms with van der Waals surface area (Å²) in [6, 6.07) is 16.8. The van der Waals surface area contributed by atoms with Gasteiger partial charge < -0.3 is 29.3 Å². The van der Waals surface area contributed by atoms with Gasteiger partial charge in [0.15, 0.2) is 16.9 Å². The second-order valence-corrected chi connectivity index (χ2v) is 7.99. The van der Waals surface area contributed by atoms with Gasteiger partial charge in [0.25, 0.3) is 0 Å². The van der Waals surface area contributed by atoms with Crippen molar-refractivity contribution in [3.05, 3.63) is 75.4 Å². The van der Waals surface area contributed by atoms with Gasteiger partial charge in [-0.15, -0.1) is 0 Å². The molecule has 1 heterocycles. The van der Waals surface area contributed by atoms with Crippen LogP contribution in [-0.4, -0.2) is 27.4 Å². The summed E-state index contributed by atoms with van der Waals surface area (Å²) in [7, 11) is 4.39. The molecule has 0 aliphatic rings. The number of hydrogen-bond donors (Lipinski definition) is 2. The van der Waals surface area contributed by atoms with E-state index in [1.165, 1.54) is 27.4 Å². The molecule has 2 amide bonds. The molecule has 0 spiro atoms. The molecule has 9 heteroatoms. The zero-order chi connectivity index (χ0) is 24.2. The van der Waals surface area contributed by atoms with Gasteiger partial charge in [0.1, 0.15) is 16.7 Å². The van der Waals surface area contributed by atoms with Crippen molar-refractivity contribution < 1.29 is 23.4 Å². The lowest BCUT2D eigenvalue weighted by atomic mass is 10.1. The van der Waals surface area contributed by atoms with Crippen LogP contribution < -0.4 is 30.3 Å². The van der Waals surface area contributed by atoms with E-state index in [0.717, 1.165) is 4.47 Å². The second-order valence-electron chi connectivity index (χ2n) is 7.13. The summed E-state index contributed by atoms with van der Waals surface area (Å²) in [5.74, 6) is 1.23. The third-order valence-corrected chi connectivity index (χ3v) is 5.74. The van der Waals surface area contributed by atoms with Crippen molar-refractivity contribution >= 4 is 44.3 Å². The minimum Gasteiger partial charge on any atom is -0.493 e. The van der Waals surface area contributed by atoms with E-state index in [1.807, 2.05) is 18.2 Å². The maximum Gasteiger partial charge on any atom is 0.323 e. The van der Waals surface area contributed by atoms with E-state index < -0.39 is 6.03 Å². The highest BCUT2D eigenvalue weighted by Crippen LogP contribution is 2.42. The number of fused-ring (bicyclic) bond motifs is 1. The minimum absolute atomic E-state index is 0.233. The number of para-hydroxylation sites is 1. The third-order valence-electron chi connectivity index (χ3n) is 5.05. The monoisotopic (exact) mass is 524 g/mol. The van der Waals surface area contributed by atoms with Crippen LogP contribution in [0.4, 0.5) is 16.2 Å². The first kappa shape index (κ1) is 23.2. The van der Waals surface area contributed by atoms with Crippen molar-refractivity contribution in [3.8, 4) is 28.6 Å². The van der Waals surface area contributed by atoms with Gasteiger partial charge in [0, 0.05) is 27.9 Å². The Hall–Kier alpha value is -3.98. The highest BCUT2D eigenvalue weighted by Gasteiger charge is 2.21. The van der Waals surface area contributed by atoms with Gasteiger partial charge in [0.2, 0.25) is 5.75 Å². The number of anilines is 2. The Bertz CT molecular complexity index is 1430.